The van der Waals surface area contributed by atoms with Crippen LogP contribution in [0.1, 0.15) is 28.9 Å². The Morgan fingerprint density at radius 3 is 2.52 bits per heavy atom. The number of benzene rings is 2. The summed E-state index contributed by atoms with van der Waals surface area (Å²) in [4.78, 5) is 24.6. The normalized spacial score (nSPS) is 10.7. The molecule has 1 aromatic heterocycles. The molecule has 3 rings (SSSR count). The van der Waals surface area contributed by atoms with E-state index in [2.05, 4.69) is 10.4 Å². The second-order valence-electron chi connectivity index (χ2n) is 6.45. The number of hydrogen-bond acceptors (Lipinski definition) is 4. The lowest BCUT2D eigenvalue weighted by molar-refractivity contribution is 0.0947. The predicted octanol–water partition coefficient (Wildman–Crippen LogP) is 2.83. The summed E-state index contributed by atoms with van der Waals surface area (Å²) in [6, 6.07) is 15.0. The molecule has 0 atom stereocenters. The highest BCUT2D eigenvalue weighted by atomic mass is 16.5. The van der Waals surface area contributed by atoms with Crippen molar-refractivity contribution in [1.29, 1.82) is 0 Å². The lowest BCUT2D eigenvalue weighted by Gasteiger charge is -2.09. The van der Waals surface area contributed by atoms with E-state index >= 15 is 0 Å². The molecule has 0 saturated carbocycles. The van der Waals surface area contributed by atoms with Crippen LogP contribution in [-0.4, -0.2) is 28.8 Å². The highest BCUT2D eigenvalue weighted by molar-refractivity contribution is 6.04. The second kappa shape index (κ2) is 8.49. The quantitative estimate of drug-likeness (QED) is 0.654. The van der Waals surface area contributed by atoms with Gasteiger partial charge in [-0.1, -0.05) is 35.9 Å². The van der Waals surface area contributed by atoms with E-state index in [1.165, 1.54) is 10.2 Å². The molecule has 140 valence electrons. The number of carbonyl (C=O) groups is 1. The summed E-state index contributed by atoms with van der Waals surface area (Å²) < 4.78 is 6.88. The highest BCUT2D eigenvalue weighted by Crippen LogP contribution is 2.13. The molecule has 0 unspecified atom stereocenters. The van der Waals surface area contributed by atoms with Crippen molar-refractivity contribution in [2.45, 2.75) is 19.8 Å². The van der Waals surface area contributed by atoms with Crippen molar-refractivity contribution >= 4 is 16.7 Å². The molecule has 1 amide bonds. The van der Waals surface area contributed by atoms with Gasteiger partial charge in [0.15, 0.2) is 5.69 Å². The third-order valence-electron chi connectivity index (χ3n) is 4.32. The van der Waals surface area contributed by atoms with Gasteiger partial charge >= 0.3 is 0 Å². The Morgan fingerprint density at radius 1 is 1.07 bits per heavy atom. The van der Waals surface area contributed by atoms with E-state index in [9.17, 15) is 9.59 Å². The van der Waals surface area contributed by atoms with Gasteiger partial charge in [0.2, 0.25) is 0 Å². The van der Waals surface area contributed by atoms with Gasteiger partial charge in [0.1, 0.15) is 5.75 Å². The molecule has 27 heavy (non-hydrogen) atoms. The van der Waals surface area contributed by atoms with Gasteiger partial charge in [0.25, 0.3) is 11.5 Å². The molecule has 0 aliphatic carbocycles. The molecule has 1 N–H and O–H groups in total. The number of aryl methyl sites for hydroxylation is 2. The fourth-order valence-corrected chi connectivity index (χ4v) is 2.80. The van der Waals surface area contributed by atoms with Crippen molar-refractivity contribution in [2.24, 2.45) is 7.05 Å². The maximum Gasteiger partial charge on any atom is 0.274 e. The first kappa shape index (κ1) is 18.6. The molecule has 0 spiro atoms. The van der Waals surface area contributed by atoms with Crippen LogP contribution in [-0.2, 0) is 7.05 Å². The molecular weight excluding hydrogens is 342 g/mol. The summed E-state index contributed by atoms with van der Waals surface area (Å²) in [5, 5.41) is 8.06. The first-order valence-corrected chi connectivity index (χ1v) is 9.00. The Morgan fingerprint density at radius 2 is 1.78 bits per heavy atom. The molecule has 6 heteroatoms. The van der Waals surface area contributed by atoms with Crippen LogP contribution in [0.25, 0.3) is 10.8 Å². The molecule has 0 aliphatic heterocycles. The number of unbranched alkanes of at least 4 members (excludes halogenated alkanes) is 1. The molecule has 0 aliphatic rings. The average Bonchev–Trinajstić information content (AvgIpc) is 2.68. The Hall–Kier alpha value is -3.15. The molecule has 0 radical (unpaired) electrons. The van der Waals surface area contributed by atoms with Gasteiger partial charge in [0, 0.05) is 19.0 Å². The number of hydrogen-bond donors (Lipinski definition) is 1. The van der Waals surface area contributed by atoms with Gasteiger partial charge in [0.05, 0.1) is 12.0 Å². The lowest BCUT2D eigenvalue weighted by Crippen LogP contribution is -2.30. The first-order valence-electron chi connectivity index (χ1n) is 9.00. The van der Waals surface area contributed by atoms with Gasteiger partial charge in [-0.25, -0.2) is 4.68 Å². The van der Waals surface area contributed by atoms with E-state index in [-0.39, 0.29) is 17.2 Å². The van der Waals surface area contributed by atoms with Gasteiger partial charge in [-0.05, 0) is 38.0 Å². The van der Waals surface area contributed by atoms with Gasteiger partial charge < -0.3 is 10.1 Å². The molecule has 0 fully saturated rings. The van der Waals surface area contributed by atoms with Crippen molar-refractivity contribution in [2.75, 3.05) is 13.2 Å². The van der Waals surface area contributed by atoms with E-state index in [1.807, 2.05) is 31.2 Å². The SMILES string of the molecule is Cc1ccc(OCCCCNC(=O)c2nn(C)c(=O)c3ccccc23)cc1. The zero-order valence-electron chi connectivity index (χ0n) is 15.6. The molecule has 3 aromatic rings. The molecule has 6 nitrogen and oxygen atoms in total. The van der Waals surface area contributed by atoms with Crippen LogP contribution in [0, 0.1) is 6.92 Å². The van der Waals surface area contributed by atoms with Crippen molar-refractivity contribution in [3.63, 3.8) is 0 Å². The Balaban J connectivity index is 1.51. The molecular formula is C21H23N3O3. The summed E-state index contributed by atoms with van der Waals surface area (Å²) in [5.74, 6) is 0.576. The Bertz CT molecular complexity index is 994. The Kier molecular flexibility index (Phi) is 5.86. The number of carbonyl (C=O) groups excluding carboxylic acids is 1. The van der Waals surface area contributed by atoms with Crippen LogP contribution < -0.4 is 15.6 Å². The summed E-state index contributed by atoms with van der Waals surface area (Å²) in [6.45, 7) is 3.16. The lowest BCUT2D eigenvalue weighted by atomic mass is 10.1. The second-order valence-corrected chi connectivity index (χ2v) is 6.45. The van der Waals surface area contributed by atoms with Gasteiger partial charge in [-0.3, -0.25) is 9.59 Å². The highest BCUT2D eigenvalue weighted by Gasteiger charge is 2.14. The maximum atomic E-state index is 12.5. The minimum atomic E-state index is -0.277. The number of amides is 1. The fourth-order valence-electron chi connectivity index (χ4n) is 2.80. The third-order valence-corrected chi connectivity index (χ3v) is 4.32. The van der Waals surface area contributed by atoms with Crippen molar-refractivity contribution in [3.05, 3.63) is 70.1 Å². The average molecular weight is 365 g/mol. The number of fused-ring (bicyclic) bond motifs is 1. The smallest absolute Gasteiger partial charge is 0.274 e. The predicted molar refractivity (Wildman–Crippen MR) is 105 cm³/mol. The van der Waals surface area contributed by atoms with Crippen LogP contribution in [0.4, 0.5) is 0 Å². The molecule has 0 bridgehead atoms. The number of nitrogens with zero attached hydrogens (tertiary/aromatic N) is 2. The standard InChI is InChI=1S/C21H23N3O3/c1-15-9-11-16(12-10-15)27-14-6-5-13-22-20(25)19-17-7-3-4-8-18(17)21(26)24(2)23-19/h3-4,7-12H,5-6,13-14H2,1-2H3,(H,22,25). The minimum Gasteiger partial charge on any atom is -0.494 e. The van der Waals surface area contributed by atoms with Gasteiger partial charge in [-0.15, -0.1) is 0 Å². The number of aromatic nitrogens is 2. The summed E-state index contributed by atoms with van der Waals surface area (Å²) in [7, 11) is 1.55. The third kappa shape index (κ3) is 4.53. The van der Waals surface area contributed by atoms with E-state index < -0.39 is 0 Å². The summed E-state index contributed by atoms with van der Waals surface area (Å²) >= 11 is 0. The molecule has 0 saturated heterocycles. The van der Waals surface area contributed by atoms with Crippen LogP contribution in [0.3, 0.4) is 0 Å². The zero-order chi connectivity index (χ0) is 19.2. The first-order chi connectivity index (χ1) is 13.1. The van der Waals surface area contributed by atoms with E-state index in [0.717, 1.165) is 18.6 Å². The summed E-state index contributed by atoms with van der Waals surface area (Å²) in [6.07, 6.45) is 1.62. The molecule has 2 aromatic carbocycles. The monoisotopic (exact) mass is 365 g/mol. The van der Waals surface area contributed by atoms with Crippen LogP contribution >= 0.6 is 0 Å². The van der Waals surface area contributed by atoms with Crippen molar-refractivity contribution in [1.82, 2.24) is 15.1 Å². The number of ether oxygens (including phenoxy) is 1. The zero-order valence-corrected chi connectivity index (χ0v) is 15.6. The fraction of sp³-hybridized carbons (Fsp3) is 0.286. The number of nitrogens with one attached hydrogen (secondary N) is 1. The van der Waals surface area contributed by atoms with E-state index in [1.54, 1.807) is 31.3 Å². The Labute approximate surface area is 157 Å². The van der Waals surface area contributed by atoms with Gasteiger partial charge in [-0.2, -0.15) is 5.10 Å². The number of rotatable bonds is 7. The van der Waals surface area contributed by atoms with Crippen LogP contribution in [0.2, 0.25) is 0 Å². The van der Waals surface area contributed by atoms with Crippen molar-refractivity contribution < 1.29 is 9.53 Å². The van der Waals surface area contributed by atoms with Crippen LogP contribution in [0.5, 0.6) is 5.75 Å². The maximum absolute atomic E-state index is 12.5. The molecule has 1 heterocycles. The topological polar surface area (TPSA) is 73.2 Å². The summed E-state index contributed by atoms with van der Waals surface area (Å²) in [5.41, 5.74) is 1.25. The minimum absolute atomic E-state index is 0.213. The largest absolute Gasteiger partial charge is 0.494 e. The van der Waals surface area contributed by atoms with Crippen molar-refractivity contribution in [3.8, 4) is 5.75 Å². The van der Waals surface area contributed by atoms with Crippen LogP contribution in [0.15, 0.2) is 53.3 Å². The van der Waals surface area contributed by atoms with E-state index in [0.29, 0.717) is 23.9 Å². The van der Waals surface area contributed by atoms with E-state index in [4.69, 9.17) is 4.74 Å².